The number of rotatable bonds is 4. The van der Waals surface area contributed by atoms with Crippen molar-refractivity contribution in [1.82, 2.24) is 0 Å². The topological polar surface area (TPSA) is 13.1 Å². The number of fused-ring (bicyclic) bond motifs is 6. The van der Waals surface area contributed by atoms with Crippen LogP contribution in [0.15, 0.2) is 186 Å². The van der Waals surface area contributed by atoms with E-state index in [1.807, 2.05) is 12.1 Å². The Kier molecular flexibility index (Phi) is 6.25. The lowest BCUT2D eigenvalue weighted by Crippen LogP contribution is -1.93. The zero-order valence-corrected chi connectivity index (χ0v) is 26.7. The van der Waals surface area contributed by atoms with Gasteiger partial charge in [0.1, 0.15) is 11.2 Å². The molecule has 0 aliphatic carbocycles. The molecule has 10 aromatic rings. The molecule has 0 unspecified atom stereocenters. The molecule has 0 amide bonds. The second-order valence-electron chi connectivity index (χ2n) is 12.8. The Morgan fingerprint density at radius 1 is 0.265 bits per heavy atom. The number of para-hydroxylation sites is 1. The van der Waals surface area contributed by atoms with E-state index in [1.165, 1.54) is 76.8 Å². The molecule has 0 atom stereocenters. The molecule has 0 fully saturated rings. The van der Waals surface area contributed by atoms with Gasteiger partial charge in [-0.1, -0.05) is 152 Å². The van der Waals surface area contributed by atoms with Crippen molar-refractivity contribution < 1.29 is 4.42 Å². The van der Waals surface area contributed by atoms with Gasteiger partial charge in [-0.15, -0.1) is 0 Å². The van der Waals surface area contributed by atoms with Crippen LogP contribution in [0.5, 0.6) is 0 Å². The van der Waals surface area contributed by atoms with Gasteiger partial charge < -0.3 is 4.42 Å². The van der Waals surface area contributed by atoms with E-state index < -0.39 is 0 Å². The average molecular weight is 623 g/mol. The van der Waals surface area contributed by atoms with Crippen molar-refractivity contribution in [1.29, 1.82) is 0 Å². The molecule has 0 aliphatic heterocycles. The minimum Gasteiger partial charge on any atom is -0.456 e. The van der Waals surface area contributed by atoms with Crippen molar-refractivity contribution in [2.24, 2.45) is 0 Å². The summed E-state index contributed by atoms with van der Waals surface area (Å²) in [6.07, 6.45) is 0. The molecule has 0 spiro atoms. The average Bonchev–Trinajstić information content (AvgIpc) is 3.55. The van der Waals surface area contributed by atoms with Crippen molar-refractivity contribution in [2.75, 3.05) is 0 Å². The minimum atomic E-state index is 0.911. The quantitative estimate of drug-likeness (QED) is 0.178. The maximum Gasteiger partial charge on any atom is 0.135 e. The summed E-state index contributed by atoms with van der Waals surface area (Å²) in [5.74, 6) is 0. The predicted octanol–water partition coefficient (Wildman–Crippen LogP) is 13.7. The largest absolute Gasteiger partial charge is 0.456 e. The fourth-order valence-electron chi connectivity index (χ4n) is 7.79. The smallest absolute Gasteiger partial charge is 0.135 e. The zero-order chi connectivity index (χ0) is 32.3. The highest BCUT2D eigenvalue weighted by Gasteiger charge is 2.19. The highest BCUT2D eigenvalue weighted by molar-refractivity contribution is 6.24. The molecule has 1 heteroatoms. The summed E-state index contributed by atoms with van der Waals surface area (Å²) in [7, 11) is 0. The van der Waals surface area contributed by atoms with Crippen molar-refractivity contribution in [3.05, 3.63) is 182 Å². The molecule has 0 N–H and O–H groups in total. The molecule has 49 heavy (non-hydrogen) atoms. The molecule has 0 radical (unpaired) electrons. The maximum atomic E-state index is 6.19. The Bertz CT molecular complexity index is 2870. The number of hydrogen-bond donors (Lipinski definition) is 0. The van der Waals surface area contributed by atoms with Crippen LogP contribution in [0.3, 0.4) is 0 Å². The first-order chi connectivity index (χ1) is 24.3. The van der Waals surface area contributed by atoms with Gasteiger partial charge in [0.05, 0.1) is 0 Å². The van der Waals surface area contributed by atoms with Gasteiger partial charge in [0.25, 0.3) is 0 Å². The van der Waals surface area contributed by atoms with Crippen LogP contribution in [0.2, 0.25) is 0 Å². The summed E-state index contributed by atoms with van der Waals surface area (Å²) in [6.45, 7) is 0. The third kappa shape index (κ3) is 4.47. The molecule has 228 valence electrons. The van der Waals surface area contributed by atoms with Crippen LogP contribution in [-0.4, -0.2) is 0 Å². The number of benzene rings is 9. The molecular weight excluding hydrogens is 593 g/mol. The monoisotopic (exact) mass is 622 g/mol. The van der Waals surface area contributed by atoms with Crippen LogP contribution >= 0.6 is 0 Å². The molecule has 10 rings (SSSR count). The molecule has 0 aliphatic rings. The number of furan rings is 1. The standard InChI is InChI=1S/C48H30O/c1-2-12-31(13-3-1)33-16-10-17-36(28-33)47-40-20-6-7-21-41(40)48(39-22-11-15-32-14-4-5-18-37(32)39)42-26-24-34(30-44(42)47)35-25-27-46-43(29-35)38-19-8-9-23-45(38)49-46/h1-30H. The van der Waals surface area contributed by atoms with E-state index in [1.54, 1.807) is 0 Å². The molecule has 0 bridgehead atoms. The molecular formula is C48H30O. The van der Waals surface area contributed by atoms with E-state index in [0.717, 1.165) is 21.9 Å². The van der Waals surface area contributed by atoms with E-state index in [2.05, 4.69) is 170 Å². The van der Waals surface area contributed by atoms with Crippen LogP contribution in [0.25, 0.3) is 98.8 Å². The SMILES string of the molecule is c1ccc(-c2cccc(-c3c4ccccc4c(-c4cccc5ccccc45)c4ccc(-c5ccc6oc7ccccc7c6c5)cc34)c2)cc1. The van der Waals surface area contributed by atoms with Crippen LogP contribution in [0.4, 0.5) is 0 Å². The summed E-state index contributed by atoms with van der Waals surface area (Å²) >= 11 is 0. The van der Waals surface area contributed by atoms with Gasteiger partial charge in [0, 0.05) is 10.8 Å². The predicted molar refractivity (Wildman–Crippen MR) is 208 cm³/mol. The van der Waals surface area contributed by atoms with Crippen LogP contribution in [-0.2, 0) is 0 Å². The van der Waals surface area contributed by atoms with Crippen molar-refractivity contribution in [3.63, 3.8) is 0 Å². The fourth-order valence-corrected chi connectivity index (χ4v) is 7.79. The van der Waals surface area contributed by atoms with E-state index in [4.69, 9.17) is 4.42 Å². The Labute approximate surface area is 284 Å². The first kappa shape index (κ1) is 27.7. The Morgan fingerprint density at radius 2 is 0.816 bits per heavy atom. The van der Waals surface area contributed by atoms with Gasteiger partial charge >= 0.3 is 0 Å². The summed E-state index contributed by atoms with van der Waals surface area (Å²) in [5, 5.41) is 9.77. The van der Waals surface area contributed by atoms with Gasteiger partial charge in [0.2, 0.25) is 0 Å². The third-order valence-corrected chi connectivity index (χ3v) is 10.1. The van der Waals surface area contributed by atoms with Gasteiger partial charge in [-0.05, 0) is 107 Å². The Balaban J connectivity index is 1.30. The zero-order valence-electron chi connectivity index (χ0n) is 26.7. The van der Waals surface area contributed by atoms with Crippen LogP contribution in [0, 0.1) is 0 Å². The normalized spacial score (nSPS) is 11.7. The summed E-state index contributed by atoms with van der Waals surface area (Å²) < 4.78 is 6.19. The van der Waals surface area contributed by atoms with Gasteiger partial charge in [-0.3, -0.25) is 0 Å². The lowest BCUT2D eigenvalue weighted by Gasteiger charge is -2.20. The third-order valence-electron chi connectivity index (χ3n) is 10.1. The van der Waals surface area contributed by atoms with Gasteiger partial charge in [0.15, 0.2) is 0 Å². The Hall–Kier alpha value is -6.44. The van der Waals surface area contributed by atoms with Crippen LogP contribution in [0.1, 0.15) is 0 Å². The molecule has 9 aromatic carbocycles. The fraction of sp³-hybridized carbons (Fsp3) is 0. The molecule has 0 saturated heterocycles. The molecule has 1 heterocycles. The van der Waals surface area contributed by atoms with E-state index in [9.17, 15) is 0 Å². The summed E-state index contributed by atoms with van der Waals surface area (Å²) in [6, 6.07) is 66.0. The maximum absolute atomic E-state index is 6.19. The summed E-state index contributed by atoms with van der Waals surface area (Å²) in [5.41, 5.74) is 11.6. The van der Waals surface area contributed by atoms with Crippen LogP contribution < -0.4 is 0 Å². The first-order valence-corrected chi connectivity index (χ1v) is 16.8. The lowest BCUT2D eigenvalue weighted by molar-refractivity contribution is 0.669. The highest BCUT2D eigenvalue weighted by atomic mass is 16.3. The second-order valence-corrected chi connectivity index (χ2v) is 12.8. The lowest BCUT2D eigenvalue weighted by atomic mass is 9.83. The van der Waals surface area contributed by atoms with Crippen molar-refractivity contribution in [2.45, 2.75) is 0 Å². The first-order valence-electron chi connectivity index (χ1n) is 16.8. The van der Waals surface area contributed by atoms with E-state index >= 15 is 0 Å². The highest BCUT2D eigenvalue weighted by Crippen LogP contribution is 2.47. The van der Waals surface area contributed by atoms with Gasteiger partial charge in [-0.2, -0.15) is 0 Å². The molecule has 1 aromatic heterocycles. The minimum absolute atomic E-state index is 0.911. The molecule has 1 nitrogen and oxygen atoms in total. The van der Waals surface area contributed by atoms with E-state index in [0.29, 0.717) is 0 Å². The van der Waals surface area contributed by atoms with E-state index in [-0.39, 0.29) is 0 Å². The van der Waals surface area contributed by atoms with Crippen molar-refractivity contribution >= 4 is 54.3 Å². The van der Waals surface area contributed by atoms with Gasteiger partial charge in [-0.25, -0.2) is 0 Å². The molecule has 0 saturated carbocycles. The van der Waals surface area contributed by atoms with Crippen molar-refractivity contribution in [3.8, 4) is 44.5 Å². The number of hydrogen-bond acceptors (Lipinski definition) is 1. The second kappa shape index (κ2) is 11.1. The summed E-state index contributed by atoms with van der Waals surface area (Å²) in [4.78, 5) is 0. The Morgan fingerprint density at radius 3 is 1.67 bits per heavy atom.